The lowest BCUT2D eigenvalue weighted by molar-refractivity contribution is 0.600. The van der Waals surface area contributed by atoms with Crippen molar-refractivity contribution in [3.63, 3.8) is 0 Å². The van der Waals surface area contributed by atoms with E-state index in [-0.39, 0.29) is 10.9 Å². The Morgan fingerprint density at radius 1 is 1.50 bits per heavy atom. The Balaban J connectivity index is 2.83. The van der Waals surface area contributed by atoms with Crippen molar-refractivity contribution in [1.82, 2.24) is 4.98 Å². The molecule has 0 amide bonds. The molecule has 7 heteroatoms. The van der Waals surface area contributed by atoms with Crippen LogP contribution in [0.25, 0.3) is 0 Å². The number of rotatable bonds is 5. The van der Waals surface area contributed by atoms with Crippen LogP contribution in [0, 0.1) is 6.92 Å². The highest BCUT2D eigenvalue weighted by Gasteiger charge is 2.12. The molecule has 1 heterocycles. The quantitative estimate of drug-likeness (QED) is 0.667. The third-order valence-electron chi connectivity index (χ3n) is 1.79. The first-order valence-electron chi connectivity index (χ1n) is 4.63. The standard InChI is InChI=1S/C9H12Cl2N2O2S/c1-7-5-8(9(11)12-6-7)13-16(14,15)4-2-3-10/h5-6,13H,2-4H2,1H3. The lowest BCUT2D eigenvalue weighted by Crippen LogP contribution is -2.17. The lowest BCUT2D eigenvalue weighted by atomic mass is 10.3. The maximum absolute atomic E-state index is 11.6. The summed E-state index contributed by atoms with van der Waals surface area (Å²) < 4.78 is 25.5. The molecule has 0 aliphatic carbocycles. The Hall–Kier alpha value is -0.520. The van der Waals surface area contributed by atoms with Crippen molar-refractivity contribution in [3.8, 4) is 0 Å². The zero-order chi connectivity index (χ0) is 12.2. The van der Waals surface area contributed by atoms with Gasteiger partial charge in [-0.15, -0.1) is 11.6 Å². The van der Waals surface area contributed by atoms with Crippen LogP contribution < -0.4 is 4.72 Å². The van der Waals surface area contributed by atoms with Crippen molar-refractivity contribution in [2.75, 3.05) is 16.4 Å². The average molecular weight is 283 g/mol. The summed E-state index contributed by atoms with van der Waals surface area (Å²) in [6.07, 6.45) is 1.96. The third-order valence-corrected chi connectivity index (χ3v) is 3.71. The van der Waals surface area contributed by atoms with Gasteiger partial charge in [0.1, 0.15) is 0 Å². The van der Waals surface area contributed by atoms with Gasteiger partial charge in [-0.3, -0.25) is 4.72 Å². The monoisotopic (exact) mass is 282 g/mol. The normalized spacial score (nSPS) is 11.4. The molecular weight excluding hydrogens is 271 g/mol. The van der Waals surface area contributed by atoms with Gasteiger partial charge in [-0.1, -0.05) is 11.6 Å². The fourth-order valence-electron chi connectivity index (χ4n) is 1.09. The minimum atomic E-state index is -3.39. The Morgan fingerprint density at radius 3 is 2.81 bits per heavy atom. The van der Waals surface area contributed by atoms with Crippen molar-refractivity contribution in [2.24, 2.45) is 0 Å². The highest BCUT2D eigenvalue weighted by Crippen LogP contribution is 2.21. The Labute approximate surface area is 105 Å². The number of hydrogen-bond acceptors (Lipinski definition) is 3. The fraction of sp³-hybridized carbons (Fsp3) is 0.444. The Bertz CT molecular complexity index is 463. The van der Waals surface area contributed by atoms with Gasteiger partial charge in [-0.25, -0.2) is 13.4 Å². The summed E-state index contributed by atoms with van der Waals surface area (Å²) in [6.45, 7) is 1.81. The molecule has 0 atom stereocenters. The van der Waals surface area contributed by atoms with Gasteiger partial charge in [0, 0.05) is 12.1 Å². The lowest BCUT2D eigenvalue weighted by Gasteiger charge is -2.08. The van der Waals surface area contributed by atoms with Gasteiger partial charge in [0.05, 0.1) is 11.4 Å². The molecule has 90 valence electrons. The largest absolute Gasteiger partial charge is 0.280 e. The van der Waals surface area contributed by atoms with Crippen molar-refractivity contribution in [2.45, 2.75) is 13.3 Å². The first-order chi connectivity index (χ1) is 7.44. The van der Waals surface area contributed by atoms with E-state index in [0.29, 0.717) is 18.0 Å². The summed E-state index contributed by atoms with van der Waals surface area (Å²) in [4.78, 5) is 3.86. The Morgan fingerprint density at radius 2 is 2.19 bits per heavy atom. The summed E-state index contributed by atoms with van der Waals surface area (Å²) in [5.74, 6) is 0.279. The number of nitrogens with one attached hydrogen (secondary N) is 1. The molecule has 0 radical (unpaired) electrons. The van der Waals surface area contributed by atoms with E-state index < -0.39 is 10.0 Å². The summed E-state index contributed by atoms with van der Waals surface area (Å²) >= 11 is 11.2. The highest BCUT2D eigenvalue weighted by molar-refractivity contribution is 7.92. The zero-order valence-corrected chi connectivity index (χ0v) is 11.0. The van der Waals surface area contributed by atoms with Crippen LogP contribution in [0.1, 0.15) is 12.0 Å². The maximum atomic E-state index is 11.6. The van der Waals surface area contributed by atoms with E-state index in [1.807, 2.05) is 0 Å². The highest BCUT2D eigenvalue weighted by atomic mass is 35.5. The number of pyridine rings is 1. The van der Waals surface area contributed by atoms with E-state index in [0.717, 1.165) is 5.56 Å². The number of halogens is 2. The molecule has 0 aliphatic rings. The van der Waals surface area contributed by atoms with Crippen molar-refractivity contribution in [3.05, 3.63) is 23.0 Å². The second-order valence-corrected chi connectivity index (χ2v) is 5.89. The predicted molar refractivity (Wildman–Crippen MR) is 66.7 cm³/mol. The molecule has 0 saturated heterocycles. The molecule has 1 N–H and O–H groups in total. The van der Waals surface area contributed by atoms with Gasteiger partial charge in [0.25, 0.3) is 0 Å². The van der Waals surface area contributed by atoms with E-state index in [1.54, 1.807) is 19.2 Å². The van der Waals surface area contributed by atoms with E-state index >= 15 is 0 Å². The molecular formula is C9H12Cl2N2O2S. The average Bonchev–Trinajstić information content (AvgIpc) is 2.20. The fourth-order valence-corrected chi connectivity index (χ4v) is 2.70. The second kappa shape index (κ2) is 5.70. The molecule has 4 nitrogen and oxygen atoms in total. The molecule has 0 spiro atoms. The maximum Gasteiger partial charge on any atom is 0.232 e. The van der Waals surface area contributed by atoms with Gasteiger partial charge in [0.2, 0.25) is 10.0 Å². The smallest absolute Gasteiger partial charge is 0.232 e. The van der Waals surface area contributed by atoms with Crippen molar-refractivity contribution in [1.29, 1.82) is 0 Å². The van der Waals surface area contributed by atoms with Gasteiger partial charge < -0.3 is 0 Å². The van der Waals surface area contributed by atoms with Gasteiger partial charge in [-0.05, 0) is 25.0 Å². The molecule has 0 bridgehead atoms. The van der Waals surface area contributed by atoms with Crippen LogP contribution in [0.15, 0.2) is 12.3 Å². The molecule has 0 fully saturated rings. The number of sulfonamides is 1. The zero-order valence-electron chi connectivity index (χ0n) is 8.70. The summed E-state index contributed by atoms with van der Waals surface area (Å²) in [6, 6.07) is 1.63. The van der Waals surface area contributed by atoms with Crippen LogP contribution in [0.3, 0.4) is 0 Å². The molecule has 0 unspecified atom stereocenters. The molecule has 0 aromatic carbocycles. The van der Waals surface area contributed by atoms with Crippen LogP contribution >= 0.6 is 23.2 Å². The van der Waals surface area contributed by atoms with Crippen LogP contribution in [0.5, 0.6) is 0 Å². The molecule has 0 saturated carbocycles. The predicted octanol–water partition coefficient (Wildman–Crippen LogP) is 2.41. The first-order valence-corrected chi connectivity index (χ1v) is 7.19. The summed E-state index contributed by atoms with van der Waals surface area (Å²) in [5.41, 5.74) is 1.13. The number of aromatic nitrogens is 1. The summed E-state index contributed by atoms with van der Waals surface area (Å²) in [5, 5.41) is 0.139. The molecule has 1 rings (SSSR count). The summed E-state index contributed by atoms with van der Waals surface area (Å²) in [7, 11) is -3.39. The van der Waals surface area contributed by atoms with Crippen LogP contribution in [0.2, 0.25) is 5.15 Å². The Kier molecular flexibility index (Phi) is 4.83. The molecule has 0 aliphatic heterocycles. The van der Waals surface area contributed by atoms with E-state index in [9.17, 15) is 8.42 Å². The minimum Gasteiger partial charge on any atom is -0.280 e. The number of aryl methyl sites for hydroxylation is 1. The van der Waals surface area contributed by atoms with Gasteiger partial charge in [0.15, 0.2) is 5.15 Å². The first kappa shape index (κ1) is 13.5. The number of anilines is 1. The number of alkyl halides is 1. The molecule has 1 aromatic heterocycles. The van der Waals surface area contributed by atoms with Gasteiger partial charge in [-0.2, -0.15) is 0 Å². The molecule has 1 aromatic rings. The van der Waals surface area contributed by atoms with Crippen LogP contribution in [0.4, 0.5) is 5.69 Å². The number of hydrogen-bond donors (Lipinski definition) is 1. The van der Waals surface area contributed by atoms with Crippen molar-refractivity contribution < 1.29 is 8.42 Å². The topological polar surface area (TPSA) is 59.1 Å². The van der Waals surface area contributed by atoms with Crippen LogP contribution in [-0.4, -0.2) is 25.0 Å². The van der Waals surface area contributed by atoms with Crippen LogP contribution in [-0.2, 0) is 10.0 Å². The minimum absolute atomic E-state index is 0.0270. The van der Waals surface area contributed by atoms with Crippen molar-refractivity contribution >= 4 is 38.9 Å². The third kappa shape index (κ3) is 4.15. The number of nitrogens with zero attached hydrogens (tertiary/aromatic N) is 1. The SMILES string of the molecule is Cc1cnc(Cl)c(NS(=O)(=O)CCCCl)c1. The van der Waals surface area contributed by atoms with E-state index in [2.05, 4.69) is 9.71 Å². The van der Waals surface area contributed by atoms with E-state index in [4.69, 9.17) is 23.2 Å². The van der Waals surface area contributed by atoms with Gasteiger partial charge >= 0.3 is 0 Å². The molecule has 16 heavy (non-hydrogen) atoms. The second-order valence-electron chi connectivity index (χ2n) is 3.31. The van der Waals surface area contributed by atoms with E-state index in [1.165, 1.54) is 0 Å².